The smallest absolute Gasteiger partial charge is 0.0447 e. The molecule has 2 aliphatic rings. The molecule has 0 atom stereocenters. The molecule has 6 rings (SSSR count). The van der Waals surface area contributed by atoms with Crippen molar-refractivity contribution in [3.63, 3.8) is 0 Å². The predicted molar refractivity (Wildman–Crippen MR) is 171 cm³/mol. The second-order valence-corrected chi connectivity index (χ2v) is 8.17. The van der Waals surface area contributed by atoms with Gasteiger partial charge in [0, 0.05) is 48.7 Å². The molecule has 0 amide bonds. The van der Waals surface area contributed by atoms with Gasteiger partial charge in [-0.2, -0.15) is 0 Å². The maximum absolute atomic E-state index is 2.51. The van der Waals surface area contributed by atoms with Crippen LogP contribution in [0.5, 0.6) is 0 Å². The van der Waals surface area contributed by atoms with Gasteiger partial charge in [0.2, 0.25) is 0 Å². The maximum atomic E-state index is 2.51. The van der Waals surface area contributed by atoms with Gasteiger partial charge in [-0.05, 0) is 46.5 Å². The van der Waals surface area contributed by atoms with Crippen LogP contribution in [0.2, 0.25) is 0 Å². The van der Waals surface area contributed by atoms with Crippen molar-refractivity contribution in [2.75, 3.05) is 22.9 Å². The third kappa shape index (κ3) is 6.67. The molecular weight excluding hydrogens is 460 g/mol. The van der Waals surface area contributed by atoms with Gasteiger partial charge in [0.05, 0.1) is 0 Å². The van der Waals surface area contributed by atoms with Crippen LogP contribution in [0.4, 0.5) is 22.7 Å². The lowest BCUT2D eigenvalue weighted by molar-refractivity contribution is 0.849. The van der Waals surface area contributed by atoms with Crippen LogP contribution in [0.3, 0.4) is 0 Å². The highest BCUT2D eigenvalue weighted by Crippen LogP contribution is 2.41. The van der Waals surface area contributed by atoms with E-state index in [1.165, 1.54) is 45.0 Å². The number of anilines is 4. The number of fused-ring (bicyclic) bond motifs is 4. The molecule has 4 aromatic carbocycles. The summed E-state index contributed by atoms with van der Waals surface area (Å²) >= 11 is 0. The van der Waals surface area contributed by atoms with E-state index in [9.17, 15) is 0 Å². The van der Waals surface area contributed by atoms with Gasteiger partial charge in [-0.15, -0.1) is 0 Å². The first-order chi connectivity index (χ1) is 18.9. The highest BCUT2D eigenvalue weighted by atomic mass is 15.2. The summed E-state index contributed by atoms with van der Waals surface area (Å²) in [7, 11) is 0. The van der Waals surface area contributed by atoms with Crippen LogP contribution in [-0.2, 0) is 12.8 Å². The quantitative estimate of drug-likeness (QED) is 0.271. The van der Waals surface area contributed by atoms with E-state index in [-0.39, 0.29) is 0 Å². The topological polar surface area (TPSA) is 6.48 Å². The molecule has 2 aliphatic heterocycles. The standard InChI is InChI=1S/C28H24N2.4C2H6/c1-5-13-25-21(9-1)19-22-10-2-6-14-26(22)29(25)17-18-30-27-15-7-3-11-23(27)20-24-12-4-8-16-28(24)30;4*1-2/h1-16H,17-20H2;4*1-2H3. The van der Waals surface area contributed by atoms with Crippen LogP contribution < -0.4 is 9.80 Å². The Balaban J connectivity index is 0.000000583. The Morgan fingerprint density at radius 3 is 0.816 bits per heavy atom. The summed E-state index contributed by atoms with van der Waals surface area (Å²) in [4.78, 5) is 5.02. The molecule has 38 heavy (non-hydrogen) atoms. The van der Waals surface area contributed by atoms with E-state index in [2.05, 4.69) is 107 Å². The fraction of sp³-hybridized carbons (Fsp3) is 0.333. The van der Waals surface area contributed by atoms with Gasteiger partial charge >= 0.3 is 0 Å². The summed E-state index contributed by atoms with van der Waals surface area (Å²) in [6.45, 7) is 17.9. The molecule has 0 unspecified atom stereocenters. The van der Waals surface area contributed by atoms with Crippen LogP contribution in [0.15, 0.2) is 97.1 Å². The van der Waals surface area contributed by atoms with Crippen molar-refractivity contribution in [3.8, 4) is 0 Å². The minimum absolute atomic E-state index is 0.941. The minimum atomic E-state index is 0.941. The molecule has 0 aromatic heterocycles. The number of hydrogen-bond donors (Lipinski definition) is 0. The Morgan fingerprint density at radius 2 is 0.579 bits per heavy atom. The summed E-state index contributed by atoms with van der Waals surface area (Å²) in [5, 5.41) is 0. The summed E-state index contributed by atoms with van der Waals surface area (Å²) < 4.78 is 0. The Bertz CT molecular complexity index is 1040. The van der Waals surface area contributed by atoms with Crippen molar-refractivity contribution in [1.82, 2.24) is 0 Å². The van der Waals surface area contributed by atoms with Crippen molar-refractivity contribution in [2.24, 2.45) is 0 Å². The monoisotopic (exact) mass is 508 g/mol. The lowest BCUT2D eigenvalue weighted by Crippen LogP contribution is -2.34. The number of nitrogens with zero attached hydrogens (tertiary/aromatic N) is 2. The first-order valence-corrected chi connectivity index (χ1v) is 14.8. The van der Waals surface area contributed by atoms with Gasteiger partial charge in [-0.25, -0.2) is 0 Å². The largest absolute Gasteiger partial charge is 0.339 e. The summed E-state index contributed by atoms with van der Waals surface area (Å²) in [6, 6.07) is 35.4. The van der Waals surface area contributed by atoms with Crippen LogP contribution in [0.25, 0.3) is 0 Å². The number of hydrogen-bond acceptors (Lipinski definition) is 2. The number of benzene rings is 4. The molecule has 0 aliphatic carbocycles. The normalized spacial score (nSPS) is 11.6. The zero-order valence-electron chi connectivity index (χ0n) is 25.0. The van der Waals surface area contributed by atoms with Crippen molar-refractivity contribution in [1.29, 1.82) is 0 Å². The maximum Gasteiger partial charge on any atom is 0.0447 e. The van der Waals surface area contributed by atoms with Crippen LogP contribution in [-0.4, -0.2) is 13.1 Å². The van der Waals surface area contributed by atoms with E-state index in [4.69, 9.17) is 0 Å². The van der Waals surface area contributed by atoms with E-state index < -0.39 is 0 Å². The molecule has 0 bridgehead atoms. The molecule has 2 heteroatoms. The summed E-state index contributed by atoms with van der Waals surface area (Å²) in [5.41, 5.74) is 11.0. The second kappa shape index (κ2) is 16.3. The van der Waals surface area contributed by atoms with Gasteiger partial charge in [0.1, 0.15) is 0 Å². The van der Waals surface area contributed by atoms with Crippen LogP contribution in [0.1, 0.15) is 77.6 Å². The van der Waals surface area contributed by atoms with Crippen molar-refractivity contribution < 1.29 is 0 Å². The van der Waals surface area contributed by atoms with Crippen LogP contribution >= 0.6 is 0 Å². The Morgan fingerprint density at radius 1 is 0.368 bits per heavy atom. The van der Waals surface area contributed by atoms with Gasteiger partial charge < -0.3 is 9.80 Å². The number of para-hydroxylation sites is 4. The molecule has 0 N–H and O–H groups in total. The molecule has 4 aromatic rings. The average Bonchev–Trinajstić information content (AvgIpc) is 3.02. The third-order valence-electron chi connectivity index (χ3n) is 6.44. The SMILES string of the molecule is CC.CC.CC.CC.c1ccc2c(c1)Cc1ccccc1N2CCN1c2ccccc2Cc2ccccc21. The Hall–Kier alpha value is -3.52. The molecule has 0 spiro atoms. The lowest BCUT2D eigenvalue weighted by Gasteiger charge is -2.38. The van der Waals surface area contributed by atoms with E-state index >= 15 is 0 Å². The summed E-state index contributed by atoms with van der Waals surface area (Å²) in [5.74, 6) is 0. The Kier molecular flexibility index (Phi) is 13.2. The Labute approximate surface area is 233 Å². The molecule has 202 valence electrons. The first-order valence-electron chi connectivity index (χ1n) is 14.8. The third-order valence-corrected chi connectivity index (χ3v) is 6.44. The second-order valence-electron chi connectivity index (χ2n) is 8.17. The molecule has 0 fully saturated rings. The van der Waals surface area contributed by atoms with Crippen molar-refractivity contribution in [3.05, 3.63) is 119 Å². The van der Waals surface area contributed by atoms with Crippen LogP contribution in [0, 0.1) is 0 Å². The van der Waals surface area contributed by atoms with Gasteiger partial charge in [0.15, 0.2) is 0 Å². The molecule has 0 saturated heterocycles. The van der Waals surface area contributed by atoms with Crippen molar-refractivity contribution in [2.45, 2.75) is 68.2 Å². The average molecular weight is 509 g/mol. The molecular formula is C36H48N2. The lowest BCUT2D eigenvalue weighted by atomic mass is 9.94. The molecule has 2 nitrogen and oxygen atoms in total. The fourth-order valence-corrected chi connectivity index (χ4v) is 5.05. The first kappa shape index (κ1) is 30.7. The fourth-order valence-electron chi connectivity index (χ4n) is 5.05. The van der Waals surface area contributed by atoms with Gasteiger partial charge in [0.25, 0.3) is 0 Å². The number of rotatable bonds is 3. The van der Waals surface area contributed by atoms with E-state index in [0.717, 1.165) is 25.9 Å². The molecule has 0 saturated carbocycles. The highest BCUT2D eigenvalue weighted by molar-refractivity contribution is 5.76. The molecule has 0 radical (unpaired) electrons. The highest BCUT2D eigenvalue weighted by Gasteiger charge is 2.25. The van der Waals surface area contributed by atoms with Crippen molar-refractivity contribution >= 4 is 22.7 Å². The summed E-state index contributed by atoms with van der Waals surface area (Å²) in [6.07, 6.45) is 2.02. The van der Waals surface area contributed by atoms with Gasteiger partial charge in [-0.3, -0.25) is 0 Å². The van der Waals surface area contributed by atoms with E-state index in [0.29, 0.717) is 0 Å². The van der Waals surface area contributed by atoms with E-state index in [1.54, 1.807) is 0 Å². The minimum Gasteiger partial charge on any atom is -0.339 e. The van der Waals surface area contributed by atoms with Gasteiger partial charge in [-0.1, -0.05) is 128 Å². The molecule has 2 heterocycles. The zero-order chi connectivity index (χ0) is 27.9. The zero-order valence-corrected chi connectivity index (χ0v) is 25.0. The van der Waals surface area contributed by atoms with E-state index in [1.807, 2.05) is 55.4 Å². The predicted octanol–water partition coefficient (Wildman–Crippen LogP) is 10.6.